The molecule has 0 fully saturated rings. The molecule has 0 unspecified atom stereocenters. The predicted octanol–water partition coefficient (Wildman–Crippen LogP) is 5.68. The second-order valence-electron chi connectivity index (χ2n) is 6.24. The summed E-state index contributed by atoms with van der Waals surface area (Å²) in [7, 11) is 2.16. The van der Waals surface area contributed by atoms with Crippen LogP contribution in [0.5, 0.6) is 5.75 Å². The normalized spacial score (nSPS) is 13.8. The molecule has 0 amide bonds. The number of hydrogen-bond donors (Lipinski definition) is 0. The molecule has 4 rings (SSSR count). The largest absolute Gasteiger partial charge is 0.491 e. The Morgan fingerprint density at radius 2 is 2.08 bits per heavy atom. The van der Waals surface area contributed by atoms with Gasteiger partial charge in [-0.2, -0.15) is 11.3 Å². The zero-order chi connectivity index (χ0) is 16.5. The second-order valence-corrected chi connectivity index (χ2v) is 7.02. The first kappa shape index (κ1) is 15.3. The molecular formula is C21H21NOS. The molecule has 0 atom stereocenters. The maximum atomic E-state index is 6.09. The van der Waals surface area contributed by atoms with E-state index in [1.165, 1.54) is 33.2 Å². The fourth-order valence-corrected chi connectivity index (χ4v) is 4.06. The number of nitrogens with zero attached hydrogens (tertiary/aromatic N) is 1. The topological polar surface area (TPSA) is 12.5 Å². The highest BCUT2D eigenvalue weighted by atomic mass is 32.1. The fourth-order valence-electron chi connectivity index (χ4n) is 3.38. The molecule has 3 aromatic rings. The summed E-state index contributed by atoms with van der Waals surface area (Å²) in [6.07, 6.45) is 3.36. The van der Waals surface area contributed by atoms with Gasteiger partial charge in [-0.15, -0.1) is 0 Å². The molecule has 3 heteroatoms. The zero-order valence-corrected chi connectivity index (χ0v) is 14.9. The maximum absolute atomic E-state index is 6.09. The molecule has 0 saturated carbocycles. The Bertz CT molecular complexity index is 896. The summed E-state index contributed by atoms with van der Waals surface area (Å²) < 4.78 is 6.09. The first-order chi connectivity index (χ1) is 11.8. The molecule has 0 bridgehead atoms. The Balaban J connectivity index is 1.95. The van der Waals surface area contributed by atoms with Crippen LogP contribution < -0.4 is 9.64 Å². The summed E-state index contributed by atoms with van der Waals surface area (Å²) in [5.74, 6) is 0.994. The molecule has 0 aliphatic carbocycles. The van der Waals surface area contributed by atoms with E-state index in [0.717, 1.165) is 25.3 Å². The summed E-state index contributed by atoms with van der Waals surface area (Å²) in [5.41, 5.74) is 5.17. The third-order valence-electron chi connectivity index (χ3n) is 4.49. The fraction of sp³-hybridized carbons (Fsp3) is 0.238. The molecular weight excluding hydrogens is 314 g/mol. The van der Waals surface area contributed by atoms with Gasteiger partial charge in [0, 0.05) is 19.2 Å². The van der Waals surface area contributed by atoms with Gasteiger partial charge >= 0.3 is 0 Å². The van der Waals surface area contributed by atoms with Gasteiger partial charge in [-0.05, 0) is 57.3 Å². The third-order valence-corrected chi connectivity index (χ3v) is 5.17. The molecule has 24 heavy (non-hydrogen) atoms. The van der Waals surface area contributed by atoms with Crippen molar-refractivity contribution < 1.29 is 4.74 Å². The van der Waals surface area contributed by atoms with Crippen LogP contribution in [-0.4, -0.2) is 20.2 Å². The first-order valence-electron chi connectivity index (χ1n) is 8.40. The van der Waals surface area contributed by atoms with Crippen LogP contribution in [-0.2, 0) is 0 Å². The molecule has 0 saturated heterocycles. The monoisotopic (exact) mass is 335 g/mol. The van der Waals surface area contributed by atoms with Gasteiger partial charge < -0.3 is 9.64 Å². The Hall–Kier alpha value is -2.26. The summed E-state index contributed by atoms with van der Waals surface area (Å²) in [5, 5.41) is 6.89. The van der Waals surface area contributed by atoms with E-state index >= 15 is 0 Å². The number of thiophene rings is 1. The number of rotatable bonds is 4. The summed E-state index contributed by atoms with van der Waals surface area (Å²) >= 11 is 1.75. The van der Waals surface area contributed by atoms with Crippen molar-refractivity contribution in [1.82, 2.24) is 0 Å². The number of anilines is 1. The third kappa shape index (κ3) is 2.59. The molecule has 0 spiro atoms. The van der Waals surface area contributed by atoms with E-state index in [1.807, 2.05) is 0 Å². The average molecular weight is 335 g/mol. The molecule has 1 aliphatic rings. The molecule has 0 radical (unpaired) electrons. The van der Waals surface area contributed by atoms with Crippen molar-refractivity contribution in [3.63, 3.8) is 0 Å². The number of ether oxygens (including phenoxy) is 1. The minimum absolute atomic E-state index is 0.750. The van der Waals surface area contributed by atoms with Crippen molar-refractivity contribution in [2.75, 3.05) is 25.1 Å². The van der Waals surface area contributed by atoms with E-state index < -0.39 is 0 Å². The van der Waals surface area contributed by atoms with E-state index in [2.05, 4.69) is 72.1 Å². The van der Waals surface area contributed by atoms with Gasteiger partial charge in [0.2, 0.25) is 0 Å². The molecule has 0 N–H and O–H groups in total. The predicted molar refractivity (Wildman–Crippen MR) is 105 cm³/mol. The summed E-state index contributed by atoms with van der Waals surface area (Å²) in [6, 6.07) is 13.0. The van der Waals surface area contributed by atoms with Crippen molar-refractivity contribution in [3.05, 3.63) is 58.3 Å². The van der Waals surface area contributed by atoms with Gasteiger partial charge in [-0.25, -0.2) is 0 Å². The summed E-state index contributed by atoms with van der Waals surface area (Å²) in [6.45, 7) is 3.80. The molecule has 2 nitrogen and oxygen atoms in total. The van der Waals surface area contributed by atoms with Crippen LogP contribution in [0.2, 0.25) is 0 Å². The van der Waals surface area contributed by atoms with Crippen molar-refractivity contribution >= 4 is 39.4 Å². The molecule has 1 aromatic heterocycles. The Morgan fingerprint density at radius 3 is 2.88 bits per heavy atom. The number of hydrogen-bond acceptors (Lipinski definition) is 3. The first-order valence-corrected chi connectivity index (χ1v) is 9.35. The van der Waals surface area contributed by atoms with Gasteiger partial charge in [0.05, 0.1) is 12.3 Å². The van der Waals surface area contributed by atoms with E-state index in [4.69, 9.17) is 4.74 Å². The Labute approximate surface area is 147 Å². The average Bonchev–Trinajstić information content (AvgIpc) is 3.14. The second kappa shape index (κ2) is 6.33. The molecule has 2 heterocycles. The zero-order valence-electron chi connectivity index (χ0n) is 14.1. The van der Waals surface area contributed by atoms with Crippen molar-refractivity contribution in [1.29, 1.82) is 0 Å². The number of benzene rings is 2. The minimum Gasteiger partial charge on any atom is -0.491 e. The van der Waals surface area contributed by atoms with Gasteiger partial charge in [0.1, 0.15) is 5.75 Å². The van der Waals surface area contributed by atoms with Crippen LogP contribution >= 0.6 is 11.3 Å². The molecule has 2 aromatic carbocycles. The highest BCUT2D eigenvalue weighted by Gasteiger charge is 2.22. The van der Waals surface area contributed by atoms with Crippen LogP contribution in [0, 0.1) is 0 Å². The van der Waals surface area contributed by atoms with Crippen LogP contribution in [0.3, 0.4) is 0 Å². The van der Waals surface area contributed by atoms with Gasteiger partial charge in [0.15, 0.2) is 0 Å². The van der Waals surface area contributed by atoms with Crippen LogP contribution in [0.1, 0.15) is 24.5 Å². The lowest BCUT2D eigenvalue weighted by Gasteiger charge is -2.30. The van der Waals surface area contributed by atoms with E-state index in [0.29, 0.717) is 0 Å². The molecule has 1 aliphatic heterocycles. The lowest BCUT2D eigenvalue weighted by Crippen LogP contribution is -2.24. The Morgan fingerprint density at radius 1 is 1.21 bits per heavy atom. The lowest BCUT2D eigenvalue weighted by atomic mass is 9.94. The van der Waals surface area contributed by atoms with Gasteiger partial charge in [-0.3, -0.25) is 0 Å². The molecule has 122 valence electrons. The highest BCUT2D eigenvalue weighted by molar-refractivity contribution is 7.08. The van der Waals surface area contributed by atoms with E-state index in [9.17, 15) is 0 Å². The van der Waals surface area contributed by atoms with E-state index in [1.54, 1.807) is 11.3 Å². The highest BCUT2D eigenvalue weighted by Crippen LogP contribution is 2.43. The number of likely N-dealkylation sites (N-methyl/N-ethyl adjacent to an activating group) is 1. The lowest BCUT2D eigenvalue weighted by molar-refractivity contribution is 0.318. The quantitative estimate of drug-likeness (QED) is 0.608. The number of fused-ring (bicyclic) bond motifs is 3. The standard InChI is InChI=1S/C21H21NOS/c1-3-9-23-20-12-15-6-4-5-7-18(15)19-11-17(13-22(2)21(19)20)16-8-10-24-14-16/h4-8,10-12,14H,3,9,13H2,1-2H3. The van der Waals surface area contributed by atoms with E-state index in [-0.39, 0.29) is 0 Å². The van der Waals surface area contributed by atoms with Crippen LogP contribution in [0.25, 0.3) is 22.4 Å². The summed E-state index contributed by atoms with van der Waals surface area (Å²) in [4.78, 5) is 2.32. The smallest absolute Gasteiger partial charge is 0.143 e. The van der Waals surface area contributed by atoms with Crippen molar-refractivity contribution in [3.8, 4) is 5.75 Å². The Kier molecular flexibility index (Phi) is 4.03. The van der Waals surface area contributed by atoms with Crippen molar-refractivity contribution in [2.45, 2.75) is 13.3 Å². The minimum atomic E-state index is 0.750. The van der Waals surface area contributed by atoms with Crippen molar-refractivity contribution in [2.24, 2.45) is 0 Å². The van der Waals surface area contributed by atoms with Gasteiger partial charge in [-0.1, -0.05) is 31.2 Å². The van der Waals surface area contributed by atoms with Crippen LogP contribution in [0.4, 0.5) is 5.69 Å². The van der Waals surface area contributed by atoms with Crippen LogP contribution in [0.15, 0.2) is 47.2 Å². The SMILES string of the molecule is CCCOc1cc2ccccc2c2c1N(C)CC(c1ccsc1)=C2. The maximum Gasteiger partial charge on any atom is 0.143 e. The van der Waals surface area contributed by atoms with Gasteiger partial charge in [0.25, 0.3) is 0 Å².